The van der Waals surface area contributed by atoms with Crippen LogP contribution in [0.1, 0.15) is 61.9 Å². The van der Waals surface area contributed by atoms with E-state index in [9.17, 15) is 14.7 Å². The predicted octanol–water partition coefficient (Wildman–Crippen LogP) is 5.25. The quantitative estimate of drug-likeness (QED) is 0.272. The van der Waals surface area contributed by atoms with Crippen molar-refractivity contribution in [3.63, 3.8) is 0 Å². The fourth-order valence-electron chi connectivity index (χ4n) is 4.57. The number of ether oxygens (including phenoxy) is 1. The molecule has 0 bridgehead atoms. The van der Waals surface area contributed by atoms with Gasteiger partial charge in [-0.05, 0) is 75.6 Å². The number of amides is 1. The van der Waals surface area contributed by atoms with Gasteiger partial charge in [-0.25, -0.2) is 0 Å². The van der Waals surface area contributed by atoms with Crippen LogP contribution < -0.4 is 4.74 Å². The summed E-state index contributed by atoms with van der Waals surface area (Å²) in [5, 5.41) is 11.4. The molecule has 6 heteroatoms. The Kier molecular flexibility index (Phi) is 9.10. The van der Waals surface area contributed by atoms with Crippen molar-refractivity contribution in [1.82, 2.24) is 9.80 Å². The third-order valence-corrected chi connectivity index (χ3v) is 6.63. The number of rotatable bonds is 11. The van der Waals surface area contributed by atoms with Crippen molar-refractivity contribution in [2.45, 2.75) is 53.5 Å². The molecule has 1 fully saturated rings. The maximum atomic E-state index is 13.3. The number of aliphatic hydroxyl groups excluding tert-OH is 1. The Morgan fingerprint density at radius 1 is 1.03 bits per heavy atom. The Balaban J connectivity index is 2.02. The lowest BCUT2D eigenvalue weighted by molar-refractivity contribution is -0.140. The molecule has 1 saturated heterocycles. The summed E-state index contributed by atoms with van der Waals surface area (Å²) >= 11 is 0. The average molecular weight is 479 g/mol. The Morgan fingerprint density at radius 3 is 2.31 bits per heavy atom. The van der Waals surface area contributed by atoms with Crippen molar-refractivity contribution < 1.29 is 19.4 Å². The highest BCUT2D eigenvalue weighted by atomic mass is 16.5. The first kappa shape index (κ1) is 26.5. The van der Waals surface area contributed by atoms with Crippen molar-refractivity contribution in [3.05, 3.63) is 70.3 Å². The number of likely N-dealkylation sites (tertiary alicyclic amines) is 1. The highest BCUT2D eigenvalue weighted by molar-refractivity contribution is 6.46. The van der Waals surface area contributed by atoms with Crippen LogP contribution in [-0.2, 0) is 9.59 Å². The van der Waals surface area contributed by atoms with Gasteiger partial charge in [0.25, 0.3) is 11.7 Å². The number of hydrogen-bond acceptors (Lipinski definition) is 5. The minimum atomic E-state index is -0.637. The van der Waals surface area contributed by atoms with Gasteiger partial charge in [0.2, 0.25) is 0 Å². The van der Waals surface area contributed by atoms with E-state index in [0.29, 0.717) is 24.5 Å². The number of carbonyl (C=O) groups is 2. The lowest BCUT2D eigenvalue weighted by Gasteiger charge is -2.27. The standard InChI is InChI=1S/C29H38N2O4/c1-6-18-35-23-14-15-24(21(5)19-23)27(32)25-26(22-12-10-20(4)11-13-22)31(29(34)28(25)33)17-9-16-30(7-2)8-3/h10-15,19,26,32H,6-9,16-18H2,1-5H3/t26-/m0/s1. The molecule has 1 amide bonds. The third-order valence-electron chi connectivity index (χ3n) is 6.63. The monoisotopic (exact) mass is 478 g/mol. The Morgan fingerprint density at radius 2 is 1.71 bits per heavy atom. The summed E-state index contributed by atoms with van der Waals surface area (Å²) in [6, 6.07) is 12.6. The van der Waals surface area contributed by atoms with E-state index < -0.39 is 17.7 Å². The normalized spacial score (nSPS) is 17.4. The number of aryl methyl sites for hydroxylation is 2. The number of carbonyl (C=O) groups excluding carboxylic acids is 2. The fraction of sp³-hybridized carbons (Fsp3) is 0.448. The van der Waals surface area contributed by atoms with Gasteiger partial charge in [-0.15, -0.1) is 0 Å². The minimum Gasteiger partial charge on any atom is -0.507 e. The molecule has 0 spiro atoms. The SMILES string of the molecule is CCCOc1ccc(C(O)=C2C(=O)C(=O)N(CCCN(CC)CC)[C@H]2c2ccc(C)cc2)c(C)c1. The van der Waals surface area contributed by atoms with Gasteiger partial charge >= 0.3 is 0 Å². The van der Waals surface area contributed by atoms with E-state index in [-0.39, 0.29) is 11.3 Å². The molecular weight excluding hydrogens is 440 g/mol. The number of hydrogen-bond donors (Lipinski definition) is 1. The molecular formula is C29H38N2O4. The number of nitrogens with zero attached hydrogens (tertiary/aromatic N) is 2. The number of benzene rings is 2. The lowest BCUT2D eigenvalue weighted by Crippen LogP contribution is -2.33. The van der Waals surface area contributed by atoms with Crippen molar-refractivity contribution in [2.75, 3.05) is 32.8 Å². The molecule has 1 aliphatic rings. The predicted molar refractivity (Wildman–Crippen MR) is 140 cm³/mol. The van der Waals surface area contributed by atoms with Gasteiger partial charge in [-0.1, -0.05) is 50.6 Å². The van der Waals surface area contributed by atoms with Gasteiger partial charge in [0.05, 0.1) is 18.2 Å². The van der Waals surface area contributed by atoms with Gasteiger partial charge in [-0.3, -0.25) is 9.59 Å². The lowest BCUT2D eigenvalue weighted by atomic mass is 9.93. The van der Waals surface area contributed by atoms with E-state index in [2.05, 4.69) is 18.7 Å². The fourth-order valence-corrected chi connectivity index (χ4v) is 4.57. The zero-order valence-electron chi connectivity index (χ0n) is 21.6. The number of ketones is 1. The van der Waals surface area contributed by atoms with Crippen molar-refractivity contribution in [2.24, 2.45) is 0 Å². The summed E-state index contributed by atoms with van der Waals surface area (Å²) in [6.07, 6.45) is 1.65. The van der Waals surface area contributed by atoms with E-state index in [0.717, 1.165) is 49.2 Å². The molecule has 188 valence electrons. The van der Waals surface area contributed by atoms with Crippen molar-refractivity contribution >= 4 is 17.4 Å². The molecule has 2 aromatic carbocycles. The summed E-state index contributed by atoms with van der Waals surface area (Å²) in [5.74, 6) is -0.619. The summed E-state index contributed by atoms with van der Waals surface area (Å²) in [6.45, 7) is 13.9. The minimum absolute atomic E-state index is 0.139. The molecule has 0 aromatic heterocycles. The molecule has 3 rings (SSSR count). The largest absolute Gasteiger partial charge is 0.507 e. The van der Waals surface area contributed by atoms with E-state index in [1.165, 1.54) is 0 Å². The van der Waals surface area contributed by atoms with Crippen molar-refractivity contribution in [1.29, 1.82) is 0 Å². The first-order valence-electron chi connectivity index (χ1n) is 12.6. The highest BCUT2D eigenvalue weighted by Gasteiger charge is 2.45. The third kappa shape index (κ3) is 5.93. The molecule has 0 saturated carbocycles. The van der Waals surface area contributed by atoms with Gasteiger partial charge in [0, 0.05) is 12.1 Å². The topological polar surface area (TPSA) is 70.1 Å². The molecule has 1 N–H and O–H groups in total. The maximum absolute atomic E-state index is 13.3. The molecule has 1 atom stereocenters. The molecule has 0 radical (unpaired) electrons. The summed E-state index contributed by atoms with van der Waals surface area (Å²) in [5.41, 5.74) is 3.37. The summed E-state index contributed by atoms with van der Waals surface area (Å²) in [7, 11) is 0. The second-order valence-corrected chi connectivity index (χ2v) is 9.11. The maximum Gasteiger partial charge on any atom is 0.295 e. The van der Waals surface area contributed by atoms with Crippen LogP contribution in [-0.4, -0.2) is 59.4 Å². The van der Waals surface area contributed by atoms with E-state index in [4.69, 9.17) is 4.74 Å². The zero-order valence-corrected chi connectivity index (χ0v) is 21.6. The van der Waals surface area contributed by atoms with E-state index >= 15 is 0 Å². The number of Topliss-reactive ketones (excluding diaryl/α,β-unsaturated/α-hetero) is 1. The van der Waals surface area contributed by atoms with Crippen LogP contribution in [0, 0.1) is 13.8 Å². The highest BCUT2D eigenvalue weighted by Crippen LogP contribution is 2.40. The van der Waals surface area contributed by atoms with Crippen LogP contribution in [0.2, 0.25) is 0 Å². The van der Waals surface area contributed by atoms with Gasteiger partial charge in [0.15, 0.2) is 0 Å². The second-order valence-electron chi connectivity index (χ2n) is 9.11. The van der Waals surface area contributed by atoms with Crippen LogP contribution in [0.3, 0.4) is 0 Å². The number of aliphatic hydroxyl groups is 1. The van der Waals surface area contributed by atoms with Gasteiger partial charge < -0.3 is 19.6 Å². The molecule has 35 heavy (non-hydrogen) atoms. The second kappa shape index (κ2) is 12.0. The zero-order chi connectivity index (χ0) is 25.5. The van der Waals surface area contributed by atoms with Crippen LogP contribution in [0.25, 0.3) is 5.76 Å². The Labute approximate surface area is 209 Å². The molecule has 0 unspecified atom stereocenters. The van der Waals surface area contributed by atoms with Gasteiger partial charge in [0.1, 0.15) is 11.5 Å². The van der Waals surface area contributed by atoms with Crippen LogP contribution in [0.5, 0.6) is 5.75 Å². The first-order chi connectivity index (χ1) is 16.8. The van der Waals surface area contributed by atoms with Crippen LogP contribution in [0.15, 0.2) is 48.0 Å². The Hall–Kier alpha value is -3.12. The smallest absolute Gasteiger partial charge is 0.295 e. The molecule has 1 aliphatic heterocycles. The Bertz CT molecular complexity index is 1070. The molecule has 0 aliphatic carbocycles. The molecule has 6 nitrogen and oxygen atoms in total. The van der Waals surface area contributed by atoms with Crippen LogP contribution >= 0.6 is 0 Å². The van der Waals surface area contributed by atoms with Gasteiger partial charge in [-0.2, -0.15) is 0 Å². The summed E-state index contributed by atoms with van der Waals surface area (Å²) < 4.78 is 5.70. The van der Waals surface area contributed by atoms with Crippen molar-refractivity contribution in [3.8, 4) is 5.75 Å². The molecule has 1 heterocycles. The van der Waals surface area contributed by atoms with E-state index in [1.807, 2.05) is 51.1 Å². The average Bonchev–Trinajstić information content (AvgIpc) is 3.10. The summed E-state index contributed by atoms with van der Waals surface area (Å²) in [4.78, 5) is 30.4. The first-order valence-corrected chi connectivity index (χ1v) is 12.6. The molecule has 2 aromatic rings. The van der Waals surface area contributed by atoms with E-state index in [1.54, 1.807) is 17.0 Å². The van der Waals surface area contributed by atoms with Crippen LogP contribution in [0.4, 0.5) is 0 Å².